The van der Waals surface area contributed by atoms with Crippen LogP contribution in [0.15, 0.2) is 94.2 Å². The highest BCUT2D eigenvalue weighted by atomic mass is 16.3. The number of piperidine rings is 2. The van der Waals surface area contributed by atoms with Gasteiger partial charge in [0.15, 0.2) is 11.5 Å². The number of amides is 4. The third-order valence-electron chi connectivity index (χ3n) is 8.41. The largest absolute Gasteiger partial charge is 0.459 e. The summed E-state index contributed by atoms with van der Waals surface area (Å²) in [4.78, 5) is 54.1. The Morgan fingerprint density at radius 2 is 0.909 bits per heavy atom. The van der Waals surface area contributed by atoms with Crippen molar-refractivity contribution in [2.45, 2.75) is 25.7 Å². The van der Waals surface area contributed by atoms with E-state index in [0.29, 0.717) is 74.8 Å². The second kappa shape index (κ2) is 13.0. The summed E-state index contributed by atoms with van der Waals surface area (Å²) in [5.41, 5.74) is 3.40. The molecule has 0 aliphatic carbocycles. The SMILES string of the molecule is O=C(Nc1ccc(-c2ccc(NC(=O)C3CCN(C(=O)c4ccco4)CC3)cc2)cc1)C1CCN(C(=O)c2ccco2)CC1. The number of nitrogens with zero attached hydrogens (tertiary/aromatic N) is 2. The van der Waals surface area contributed by atoms with Crippen molar-refractivity contribution in [3.05, 3.63) is 96.8 Å². The van der Waals surface area contributed by atoms with E-state index < -0.39 is 0 Å². The van der Waals surface area contributed by atoms with E-state index >= 15 is 0 Å². The van der Waals surface area contributed by atoms with E-state index in [1.165, 1.54) is 12.5 Å². The molecule has 10 heteroatoms. The molecule has 2 aliphatic rings. The zero-order chi connectivity index (χ0) is 30.5. The zero-order valence-electron chi connectivity index (χ0n) is 24.2. The number of likely N-dealkylation sites (tertiary alicyclic amines) is 2. The lowest BCUT2D eigenvalue weighted by Gasteiger charge is -2.30. The first-order valence-corrected chi connectivity index (χ1v) is 14.9. The molecule has 2 aromatic carbocycles. The van der Waals surface area contributed by atoms with Crippen LogP contribution in [0.4, 0.5) is 11.4 Å². The highest BCUT2D eigenvalue weighted by Gasteiger charge is 2.30. The van der Waals surface area contributed by atoms with Crippen molar-refractivity contribution in [3.8, 4) is 11.1 Å². The van der Waals surface area contributed by atoms with Gasteiger partial charge in [-0.25, -0.2) is 0 Å². The second-order valence-corrected chi connectivity index (χ2v) is 11.2. The fourth-order valence-corrected chi connectivity index (χ4v) is 5.78. The molecule has 44 heavy (non-hydrogen) atoms. The van der Waals surface area contributed by atoms with Crippen molar-refractivity contribution in [1.29, 1.82) is 0 Å². The Bertz CT molecular complexity index is 1460. The molecule has 6 rings (SSSR count). The number of hydrogen-bond acceptors (Lipinski definition) is 6. The molecule has 4 heterocycles. The molecular formula is C34H34N4O6. The second-order valence-electron chi connectivity index (χ2n) is 11.2. The molecule has 2 aromatic heterocycles. The number of carbonyl (C=O) groups is 4. The van der Waals surface area contributed by atoms with Gasteiger partial charge in [0.2, 0.25) is 11.8 Å². The fourth-order valence-electron chi connectivity index (χ4n) is 5.78. The van der Waals surface area contributed by atoms with Gasteiger partial charge in [-0.05, 0) is 85.3 Å². The van der Waals surface area contributed by atoms with E-state index in [1.807, 2.05) is 48.5 Å². The Morgan fingerprint density at radius 1 is 0.545 bits per heavy atom. The van der Waals surface area contributed by atoms with E-state index in [1.54, 1.807) is 34.1 Å². The van der Waals surface area contributed by atoms with E-state index in [2.05, 4.69) is 10.6 Å². The van der Waals surface area contributed by atoms with Crippen LogP contribution in [-0.4, -0.2) is 59.6 Å². The van der Waals surface area contributed by atoms with Crippen LogP contribution >= 0.6 is 0 Å². The van der Waals surface area contributed by atoms with Gasteiger partial charge in [0.1, 0.15) is 0 Å². The minimum absolute atomic E-state index is 0.0438. The van der Waals surface area contributed by atoms with E-state index in [9.17, 15) is 19.2 Å². The number of anilines is 2. The summed E-state index contributed by atoms with van der Waals surface area (Å²) in [5, 5.41) is 6.01. The highest BCUT2D eigenvalue weighted by Crippen LogP contribution is 2.26. The van der Waals surface area contributed by atoms with Crippen molar-refractivity contribution in [1.82, 2.24) is 9.80 Å². The van der Waals surface area contributed by atoms with Crippen LogP contribution in [0.1, 0.15) is 46.8 Å². The number of carbonyl (C=O) groups excluding carboxylic acids is 4. The lowest BCUT2D eigenvalue weighted by atomic mass is 9.95. The number of furan rings is 2. The van der Waals surface area contributed by atoms with Gasteiger partial charge in [0, 0.05) is 49.4 Å². The van der Waals surface area contributed by atoms with Crippen LogP contribution in [0, 0.1) is 11.8 Å². The van der Waals surface area contributed by atoms with E-state index in [-0.39, 0.29) is 35.5 Å². The summed E-state index contributed by atoms with van der Waals surface area (Å²) in [7, 11) is 0. The predicted octanol–water partition coefficient (Wildman–Crippen LogP) is 5.52. The number of hydrogen-bond donors (Lipinski definition) is 2. The first kappa shape index (κ1) is 29.0. The Kier molecular flexibility index (Phi) is 8.58. The van der Waals surface area contributed by atoms with Crippen molar-refractivity contribution in [2.24, 2.45) is 11.8 Å². The van der Waals surface area contributed by atoms with E-state index in [4.69, 9.17) is 8.83 Å². The molecule has 4 aromatic rings. The average molecular weight is 595 g/mol. The molecule has 0 radical (unpaired) electrons. The van der Waals surface area contributed by atoms with Crippen LogP contribution in [-0.2, 0) is 9.59 Å². The number of nitrogens with one attached hydrogen (secondary N) is 2. The minimum atomic E-state index is -0.158. The maximum Gasteiger partial charge on any atom is 0.289 e. The summed E-state index contributed by atoms with van der Waals surface area (Å²) in [6.07, 6.45) is 5.37. The summed E-state index contributed by atoms with van der Waals surface area (Å²) in [5.74, 6) is -0.0458. The van der Waals surface area contributed by atoms with Crippen molar-refractivity contribution in [3.63, 3.8) is 0 Å². The quantitative estimate of drug-likeness (QED) is 0.290. The molecular weight excluding hydrogens is 560 g/mol. The summed E-state index contributed by atoms with van der Waals surface area (Å²) in [6, 6.07) is 22.0. The maximum atomic E-state index is 12.9. The maximum absolute atomic E-state index is 12.9. The monoisotopic (exact) mass is 594 g/mol. The van der Waals surface area contributed by atoms with Crippen LogP contribution in [0.2, 0.25) is 0 Å². The van der Waals surface area contributed by atoms with Crippen LogP contribution in [0.5, 0.6) is 0 Å². The smallest absolute Gasteiger partial charge is 0.289 e. The third-order valence-corrected chi connectivity index (χ3v) is 8.41. The number of benzene rings is 2. The molecule has 10 nitrogen and oxygen atoms in total. The Hall–Kier alpha value is -5.12. The van der Waals surface area contributed by atoms with Crippen LogP contribution < -0.4 is 10.6 Å². The van der Waals surface area contributed by atoms with Gasteiger partial charge in [-0.2, -0.15) is 0 Å². The molecule has 0 spiro atoms. The molecule has 2 saturated heterocycles. The number of rotatable bonds is 7. The molecule has 0 atom stereocenters. The lowest BCUT2D eigenvalue weighted by Crippen LogP contribution is -2.41. The lowest BCUT2D eigenvalue weighted by molar-refractivity contribution is -0.121. The van der Waals surface area contributed by atoms with Crippen LogP contribution in [0.25, 0.3) is 11.1 Å². The summed E-state index contributed by atoms with van der Waals surface area (Å²) >= 11 is 0. The fraction of sp³-hybridized carbons (Fsp3) is 0.294. The van der Waals surface area contributed by atoms with Crippen molar-refractivity contribution >= 4 is 35.0 Å². The average Bonchev–Trinajstić information content (AvgIpc) is 3.81. The van der Waals surface area contributed by atoms with Gasteiger partial charge in [-0.15, -0.1) is 0 Å². The molecule has 2 aliphatic heterocycles. The van der Waals surface area contributed by atoms with Crippen molar-refractivity contribution < 1.29 is 28.0 Å². The molecule has 2 N–H and O–H groups in total. The van der Waals surface area contributed by atoms with Gasteiger partial charge in [-0.3, -0.25) is 19.2 Å². The normalized spacial score (nSPS) is 16.0. The van der Waals surface area contributed by atoms with Gasteiger partial charge in [0.25, 0.3) is 11.8 Å². The van der Waals surface area contributed by atoms with Gasteiger partial charge >= 0.3 is 0 Å². The topological polar surface area (TPSA) is 125 Å². The zero-order valence-corrected chi connectivity index (χ0v) is 24.2. The minimum Gasteiger partial charge on any atom is -0.459 e. The molecule has 0 saturated carbocycles. The Morgan fingerprint density at radius 3 is 1.23 bits per heavy atom. The van der Waals surface area contributed by atoms with Gasteiger partial charge in [-0.1, -0.05) is 24.3 Å². The van der Waals surface area contributed by atoms with E-state index in [0.717, 1.165) is 11.1 Å². The standard InChI is InChI=1S/C34H34N4O6/c39-31(25-13-17-37(18-14-25)33(41)29-3-1-21-43-29)35-27-9-5-23(6-10-27)24-7-11-28(12-8-24)36-32(40)26-15-19-38(20-16-26)34(42)30-4-2-22-44-30/h1-12,21-22,25-26H,13-20H2,(H,35,39)(H,36,40). The molecule has 0 unspecified atom stereocenters. The molecule has 226 valence electrons. The van der Waals surface area contributed by atoms with Gasteiger partial charge in [0.05, 0.1) is 12.5 Å². The third kappa shape index (κ3) is 6.59. The first-order valence-electron chi connectivity index (χ1n) is 14.9. The molecule has 0 bridgehead atoms. The first-order chi connectivity index (χ1) is 21.4. The Balaban J connectivity index is 0.957. The highest BCUT2D eigenvalue weighted by molar-refractivity contribution is 5.95. The predicted molar refractivity (Wildman–Crippen MR) is 164 cm³/mol. The van der Waals surface area contributed by atoms with Crippen LogP contribution in [0.3, 0.4) is 0 Å². The van der Waals surface area contributed by atoms with Gasteiger partial charge < -0.3 is 29.3 Å². The molecule has 2 fully saturated rings. The van der Waals surface area contributed by atoms with Crippen molar-refractivity contribution in [2.75, 3.05) is 36.8 Å². The Labute approximate surface area is 255 Å². The summed E-state index contributed by atoms with van der Waals surface area (Å²) < 4.78 is 10.4. The molecule has 4 amide bonds. The summed E-state index contributed by atoms with van der Waals surface area (Å²) in [6.45, 7) is 2.05.